The number of rotatable bonds is 5. The fraction of sp³-hybridized carbons (Fsp3) is 0.833. The van der Waals surface area contributed by atoms with Crippen LogP contribution in [-0.4, -0.2) is 21.4 Å². The Morgan fingerprint density at radius 2 is 2.10 bits per heavy atom. The van der Waals surface area contributed by atoms with Gasteiger partial charge in [-0.1, -0.05) is 31.9 Å². The first-order valence-corrected chi connectivity index (χ1v) is 5.95. The molecule has 0 saturated heterocycles. The minimum atomic E-state index is 0.000710. The lowest BCUT2D eigenvalue weighted by Gasteiger charge is -2.07. The summed E-state index contributed by atoms with van der Waals surface area (Å²) in [7, 11) is 0. The van der Waals surface area contributed by atoms with Gasteiger partial charge >= 0.3 is 0 Å². The van der Waals surface area contributed by atoms with Crippen LogP contribution in [0.2, 0.25) is 0 Å². The first-order chi connectivity index (χ1) is 4.70. The Morgan fingerprint density at radius 3 is 2.50 bits per heavy atom. The smallest absolute Gasteiger partial charge is 0.0503 e. The van der Waals surface area contributed by atoms with E-state index in [2.05, 4.69) is 31.9 Å². The van der Waals surface area contributed by atoms with E-state index in [1.807, 2.05) is 6.42 Å². The maximum Gasteiger partial charge on any atom is 0.0503 e. The van der Waals surface area contributed by atoms with Crippen molar-refractivity contribution >= 4 is 55.1 Å². The van der Waals surface area contributed by atoms with Gasteiger partial charge in [-0.15, -0.1) is 23.2 Å². The second kappa shape index (κ2) is 7.20. The summed E-state index contributed by atoms with van der Waals surface area (Å²) in [6, 6.07) is 0. The van der Waals surface area contributed by atoms with Crippen LogP contribution in [0.1, 0.15) is 6.42 Å². The molecule has 10 heavy (non-hydrogen) atoms. The van der Waals surface area contributed by atoms with E-state index in [-0.39, 0.29) is 5.38 Å². The van der Waals surface area contributed by atoms with Gasteiger partial charge < -0.3 is 0 Å². The SMILES string of the molecule is ClCC(Cl)[CH]CC(Br)CBr. The van der Waals surface area contributed by atoms with Gasteiger partial charge in [0.05, 0.1) is 5.38 Å². The first kappa shape index (κ1) is 11.5. The van der Waals surface area contributed by atoms with Crippen LogP contribution in [0.4, 0.5) is 0 Å². The van der Waals surface area contributed by atoms with Gasteiger partial charge in [0, 0.05) is 16.0 Å². The van der Waals surface area contributed by atoms with Crippen molar-refractivity contribution in [2.24, 2.45) is 0 Å². The summed E-state index contributed by atoms with van der Waals surface area (Å²) in [4.78, 5) is 0.469. The van der Waals surface area contributed by atoms with E-state index in [1.54, 1.807) is 0 Å². The summed E-state index contributed by atoms with van der Waals surface area (Å²) in [5, 5.41) is 0.941. The minimum absolute atomic E-state index is 0.000710. The van der Waals surface area contributed by atoms with Crippen LogP contribution in [0.25, 0.3) is 0 Å². The predicted molar refractivity (Wildman–Crippen MR) is 55.8 cm³/mol. The number of alkyl halides is 4. The van der Waals surface area contributed by atoms with Crippen LogP contribution >= 0.6 is 55.1 Å². The minimum Gasteiger partial charge on any atom is -0.125 e. The molecule has 61 valence electrons. The van der Waals surface area contributed by atoms with E-state index in [0.29, 0.717) is 10.7 Å². The molecule has 0 amide bonds. The normalized spacial score (nSPS) is 16.8. The van der Waals surface area contributed by atoms with Gasteiger partial charge in [-0.25, -0.2) is 0 Å². The van der Waals surface area contributed by atoms with E-state index in [0.717, 1.165) is 11.8 Å². The molecule has 0 aliphatic carbocycles. The quantitative estimate of drug-likeness (QED) is 0.681. The Balaban J connectivity index is 3.17. The summed E-state index contributed by atoms with van der Waals surface area (Å²) in [5.41, 5.74) is 0. The highest BCUT2D eigenvalue weighted by Gasteiger charge is 2.06. The molecule has 0 rings (SSSR count). The average Bonchev–Trinajstić information content (AvgIpc) is 1.99. The lowest BCUT2D eigenvalue weighted by atomic mass is 10.2. The highest BCUT2D eigenvalue weighted by atomic mass is 79.9. The van der Waals surface area contributed by atoms with E-state index >= 15 is 0 Å². The second-order valence-electron chi connectivity index (χ2n) is 1.89. The molecule has 0 nitrogen and oxygen atoms in total. The Labute approximate surface area is 88.9 Å². The van der Waals surface area contributed by atoms with Gasteiger partial charge in [-0.3, -0.25) is 0 Å². The zero-order valence-electron chi connectivity index (χ0n) is 5.37. The van der Waals surface area contributed by atoms with Gasteiger partial charge in [0.25, 0.3) is 0 Å². The molecule has 2 atom stereocenters. The molecule has 0 aliphatic heterocycles. The molecule has 1 radical (unpaired) electrons. The number of hydrogen-bond acceptors (Lipinski definition) is 0. The van der Waals surface area contributed by atoms with Crippen molar-refractivity contribution in [2.45, 2.75) is 16.6 Å². The van der Waals surface area contributed by atoms with Crippen molar-refractivity contribution in [3.63, 3.8) is 0 Å². The molecule has 0 aliphatic rings. The first-order valence-electron chi connectivity index (χ1n) is 2.94. The monoisotopic (exact) mass is 309 g/mol. The largest absolute Gasteiger partial charge is 0.125 e. The van der Waals surface area contributed by atoms with E-state index in [9.17, 15) is 0 Å². The zero-order valence-corrected chi connectivity index (χ0v) is 10.0. The average molecular weight is 312 g/mol. The van der Waals surface area contributed by atoms with Crippen LogP contribution in [0.15, 0.2) is 0 Å². The van der Waals surface area contributed by atoms with Gasteiger partial charge in [0.1, 0.15) is 0 Å². The fourth-order valence-electron chi connectivity index (χ4n) is 0.421. The molecule has 0 bridgehead atoms. The van der Waals surface area contributed by atoms with Crippen LogP contribution in [0, 0.1) is 6.42 Å². The molecule has 0 fully saturated rings. The van der Waals surface area contributed by atoms with Crippen molar-refractivity contribution in [1.82, 2.24) is 0 Å². The molecule has 4 heteroatoms. The topological polar surface area (TPSA) is 0 Å². The Kier molecular flexibility index (Phi) is 8.31. The maximum atomic E-state index is 5.74. The van der Waals surface area contributed by atoms with Gasteiger partial charge in [0.2, 0.25) is 0 Å². The molecule has 0 N–H and O–H groups in total. The summed E-state index contributed by atoms with van der Waals surface area (Å²) < 4.78 is 0. The molecule has 0 saturated carbocycles. The van der Waals surface area contributed by atoms with E-state index in [1.165, 1.54) is 0 Å². The van der Waals surface area contributed by atoms with Crippen molar-refractivity contribution < 1.29 is 0 Å². The highest BCUT2D eigenvalue weighted by Crippen LogP contribution is 2.14. The van der Waals surface area contributed by atoms with Crippen molar-refractivity contribution in [3.8, 4) is 0 Å². The molecule has 0 spiro atoms. The molecule has 2 unspecified atom stereocenters. The van der Waals surface area contributed by atoms with Crippen molar-refractivity contribution in [2.75, 3.05) is 11.2 Å². The molecule has 0 aromatic rings. The van der Waals surface area contributed by atoms with Crippen molar-refractivity contribution in [3.05, 3.63) is 6.42 Å². The standard InChI is InChI=1S/C6H9Br2Cl2/c7-3-5(8)1-2-6(10)4-9/h2,5-6H,1,3-4H2. The molecular weight excluding hydrogens is 303 g/mol. The van der Waals surface area contributed by atoms with Crippen molar-refractivity contribution in [1.29, 1.82) is 0 Å². The zero-order chi connectivity index (χ0) is 7.98. The third kappa shape index (κ3) is 6.26. The van der Waals surface area contributed by atoms with Crippen LogP contribution in [0.3, 0.4) is 0 Å². The lowest BCUT2D eigenvalue weighted by Crippen LogP contribution is -2.07. The Morgan fingerprint density at radius 1 is 1.50 bits per heavy atom. The third-order valence-electron chi connectivity index (χ3n) is 0.962. The number of halogens is 4. The lowest BCUT2D eigenvalue weighted by molar-refractivity contribution is 0.896. The highest BCUT2D eigenvalue weighted by molar-refractivity contribution is 9.12. The molecule has 0 aromatic carbocycles. The Hall–Kier alpha value is 1.54. The molecule has 0 aromatic heterocycles. The molecular formula is C6H9Br2Cl2. The molecule has 0 heterocycles. The van der Waals surface area contributed by atoms with Crippen LogP contribution in [0.5, 0.6) is 0 Å². The summed E-state index contributed by atoms with van der Waals surface area (Å²) in [6.45, 7) is 0. The second-order valence-corrected chi connectivity index (χ2v) is 4.70. The fourth-order valence-corrected chi connectivity index (χ4v) is 1.13. The summed E-state index contributed by atoms with van der Waals surface area (Å²) >= 11 is 18.0. The van der Waals surface area contributed by atoms with Crippen LogP contribution in [-0.2, 0) is 0 Å². The van der Waals surface area contributed by atoms with Gasteiger partial charge in [0.15, 0.2) is 0 Å². The number of hydrogen-bond donors (Lipinski definition) is 0. The van der Waals surface area contributed by atoms with Gasteiger partial charge in [-0.2, -0.15) is 0 Å². The van der Waals surface area contributed by atoms with Gasteiger partial charge in [-0.05, 0) is 12.8 Å². The van der Waals surface area contributed by atoms with Crippen LogP contribution < -0.4 is 0 Å². The summed E-state index contributed by atoms with van der Waals surface area (Å²) in [5.74, 6) is 0.490. The maximum absolute atomic E-state index is 5.74. The predicted octanol–water partition coefficient (Wildman–Crippen LogP) is 3.59. The van der Waals surface area contributed by atoms with E-state index in [4.69, 9.17) is 23.2 Å². The van der Waals surface area contributed by atoms with E-state index < -0.39 is 0 Å². The third-order valence-corrected chi connectivity index (χ3v) is 4.13. The Bertz CT molecular complexity index is 70.1. The summed E-state index contributed by atoms with van der Waals surface area (Å²) in [6.07, 6.45) is 2.96.